The van der Waals surface area contributed by atoms with E-state index in [1.807, 2.05) is 0 Å². The van der Waals surface area contributed by atoms with E-state index in [2.05, 4.69) is 5.16 Å². The van der Waals surface area contributed by atoms with Crippen molar-refractivity contribution < 1.29 is 13.7 Å². The molecule has 1 unspecified atom stereocenters. The molecule has 0 N–H and O–H groups in total. The zero-order valence-electron chi connectivity index (χ0n) is 10.2. The third-order valence-corrected chi connectivity index (χ3v) is 3.55. The van der Waals surface area contributed by atoms with Gasteiger partial charge in [-0.05, 0) is 31.4 Å². The maximum absolute atomic E-state index is 13.4. The summed E-state index contributed by atoms with van der Waals surface area (Å²) in [7, 11) is 0. The van der Waals surface area contributed by atoms with Crippen LogP contribution in [-0.2, 0) is 4.74 Å². The number of benzene rings is 1. The minimum atomic E-state index is -0.461. The largest absolute Gasteiger partial charge is 0.370 e. The highest BCUT2D eigenvalue weighted by molar-refractivity contribution is 6.30. The molecule has 2 aromatic rings. The fraction of sp³-hybridized carbons (Fsp3) is 0.357. The van der Waals surface area contributed by atoms with Crippen LogP contribution >= 0.6 is 11.6 Å². The summed E-state index contributed by atoms with van der Waals surface area (Å²) in [6, 6.07) is 6.39. The minimum Gasteiger partial charge on any atom is -0.370 e. The number of hydrogen-bond acceptors (Lipinski definition) is 3. The van der Waals surface area contributed by atoms with Crippen molar-refractivity contribution in [1.82, 2.24) is 5.16 Å². The van der Waals surface area contributed by atoms with E-state index in [0.29, 0.717) is 17.0 Å². The van der Waals surface area contributed by atoms with Crippen molar-refractivity contribution in [2.45, 2.75) is 25.4 Å². The molecule has 0 amide bonds. The molecule has 2 heterocycles. The molecule has 3 nitrogen and oxygen atoms in total. The van der Waals surface area contributed by atoms with Gasteiger partial charge in [-0.15, -0.1) is 0 Å². The first-order chi connectivity index (χ1) is 9.24. The van der Waals surface area contributed by atoms with E-state index < -0.39 is 5.82 Å². The lowest BCUT2D eigenvalue weighted by atomic mass is 10.1. The quantitative estimate of drug-likeness (QED) is 0.819. The number of hydrogen-bond donors (Lipinski definition) is 0. The lowest BCUT2D eigenvalue weighted by molar-refractivity contribution is -0.00134. The first kappa shape index (κ1) is 12.6. The molecule has 1 atom stereocenters. The van der Waals surface area contributed by atoms with Crippen molar-refractivity contribution in [1.29, 1.82) is 0 Å². The van der Waals surface area contributed by atoms with E-state index >= 15 is 0 Å². The van der Waals surface area contributed by atoms with Gasteiger partial charge in [-0.1, -0.05) is 22.8 Å². The molecule has 0 bridgehead atoms. The number of halogens is 2. The average Bonchev–Trinajstić information content (AvgIpc) is 2.93. The highest BCUT2D eigenvalue weighted by Gasteiger charge is 2.21. The molecule has 0 aliphatic carbocycles. The number of aromatic nitrogens is 1. The molecule has 1 fully saturated rings. The molecule has 0 saturated carbocycles. The summed E-state index contributed by atoms with van der Waals surface area (Å²) in [6.07, 6.45) is 3.10. The fourth-order valence-corrected chi connectivity index (χ4v) is 2.32. The Morgan fingerprint density at radius 1 is 1.26 bits per heavy atom. The fourth-order valence-electron chi connectivity index (χ4n) is 2.20. The summed E-state index contributed by atoms with van der Waals surface area (Å²) < 4.78 is 24.3. The van der Waals surface area contributed by atoms with Crippen LogP contribution in [0.1, 0.15) is 31.1 Å². The van der Waals surface area contributed by atoms with Crippen LogP contribution in [-0.4, -0.2) is 11.8 Å². The van der Waals surface area contributed by atoms with Crippen LogP contribution in [0.3, 0.4) is 0 Å². The number of rotatable bonds is 2. The summed E-state index contributed by atoms with van der Waals surface area (Å²) in [5.41, 5.74) is 1.24. The Morgan fingerprint density at radius 3 is 2.89 bits per heavy atom. The molecule has 0 spiro atoms. The molecule has 19 heavy (non-hydrogen) atoms. The van der Waals surface area contributed by atoms with Gasteiger partial charge < -0.3 is 9.26 Å². The predicted octanol–water partition coefficient (Wildman–Crippen LogP) is 4.38. The molecular formula is C14H13ClFNO2. The highest BCUT2D eigenvalue weighted by atomic mass is 35.5. The van der Waals surface area contributed by atoms with E-state index in [9.17, 15) is 4.39 Å². The van der Waals surface area contributed by atoms with Crippen LogP contribution in [0.25, 0.3) is 11.3 Å². The first-order valence-corrected chi connectivity index (χ1v) is 6.65. The Bertz CT molecular complexity index is 579. The van der Waals surface area contributed by atoms with Gasteiger partial charge in [0.05, 0.1) is 5.02 Å². The van der Waals surface area contributed by atoms with Crippen LogP contribution in [0.2, 0.25) is 5.02 Å². The summed E-state index contributed by atoms with van der Waals surface area (Å²) in [5.74, 6) is 0.239. The molecule has 5 heteroatoms. The van der Waals surface area contributed by atoms with E-state index in [4.69, 9.17) is 20.9 Å². The van der Waals surface area contributed by atoms with Gasteiger partial charge in [0.2, 0.25) is 0 Å². The minimum absolute atomic E-state index is 0.0350. The van der Waals surface area contributed by atoms with Gasteiger partial charge in [0, 0.05) is 18.2 Å². The van der Waals surface area contributed by atoms with E-state index in [0.717, 1.165) is 25.9 Å². The van der Waals surface area contributed by atoms with Crippen LogP contribution in [0, 0.1) is 5.82 Å². The molecule has 0 radical (unpaired) electrons. The van der Waals surface area contributed by atoms with Crippen molar-refractivity contribution in [3.05, 3.63) is 40.9 Å². The second-order valence-corrected chi connectivity index (χ2v) is 5.01. The van der Waals surface area contributed by atoms with Crippen molar-refractivity contribution in [2.24, 2.45) is 0 Å². The predicted molar refractivity (Wildman–Crippen MR) is 69.5 cm³/mol. The second-order valence-electron chi connectivity index (χ2n) is 4.60. The summed E-state index contributed by atoms with van der Waals surface area (Å²) in [5, 5.41) is 4.07. The highest BCUT2D eigenvalue weighted by Crippen LogP contribution is 2.31. The average molecular weight is 282 g/mol. The van der Waals surface area contributed by atoms with Gasteiger partial charge in [-0.25, -0.2) is 4.39 Å². The van der Waals surface area contributed by atoms with Gasteiger partial charge in [-0.3, -0.25) is 0 Å². The van der Waals surface area contributed by atoms with E-state index in [-0.39, 0.29) is 11.1 Å². The normalized spacial score (nSPS) is 19.6. The molecule has 1 aromatic heterocycles. The van der Waals surface area contributed by atoms with Gasteiger partial charge in [0.1, 0.15) is 17.6 Å². The van der Waals surface area contributed by atoms with Crippen LogP contribution in [0.4, 0.5) is 4.39 Å². The van der Waals surface area contributed by atoms with Gasteiger partial charge >= 0.3 is 0 Å². The van der Waals surface area contributed by atoms with Gasteiger partial charge in [0.25, 0.3) is 0 Å². The van der Waals surface area contributed by atoms with E-state index in [1.54, 1.807) is 12.1 Å². The maximum atomic E-state index is 13.4. The Labute approximate surface area is 115 Å². The van der Waals surface area contributed by atoms with Crippen LogP contribution in [0.15, 0.2) is 28.8 Å². The molecule has 1 aliphatic rings. The SMILES string of the molecule is Fc1cc(-c2cc(C3CCCCO3)on2)ccc1Cl. The van der Waals surface area contributed by atoms with Crippen molar-refractivity contribution in [3.8, 4) is 11.3 Å². The lowest BCUT2D eigenvalue weighted by Gasteiger charge is -2.19. The summed E-state index contributed by atoms with van der Waals surface area (Å²) >= 11 is 5.66. The number of ether oxygens (including phenoxy) is 1. The van der Waals surface area contributed by atoms with E-state index in [1.165, 1.54) is 12.1 Å². The molecule has 1 saturated heterocycles. The van der Waals surface area contributed by atoms with Crippen molar-refractivity contribution in [2.75, 3.05) is 6.61 Å². The van der Waals surface area contributed by atoms with Crippen LogP contribution in [0.5, 0.6) is 0 Å². The van der Waals surface area contributed by atoms with Gasteiger partial charge in [0.15, 0.2) is 5.76 Å². The Hall–Kier alpha value is -1.39. The summed E-state index contributed by atoms with van der Waals surface area (Å²) in [4.78, 5) is 0. The van der Waals surface area contributed by atoms with Crippen molar-refractivity contribution >= 4 is 11.6 Å². The first-order valence-electron chi connectivity index (χ1n) is 6.27. The third kappa shape index (κ3) is 2.65. The molecule has 3 rings (SSSR count). The monoisotopic (exact) mass is 281 g/mol. The Morgan fingerprint density at radius 2 is 2.16 bits per heavy atom. The summed E-state index contributed by atoms with van der Waals surface area (Å²) in [6.45, 7) is 0.746. The zero-order valence-corrected chi connectivity index (χ0v) is 11.0. The Kier molecular flexibility index (Phi) is 3.53. The van der Waals surface area contributed by atoms with Crippen LogP contribution < -0.4 is 0 Å². The zero-order chi connectivity index (χ0) is 13.2. The molecule has 100 valence electrons. The molecule has 1 aliphatic heterocycles. The van der Waals surface area contributed by atoms with Crippen molar-refractivity contribution in [3.63, 3.8) is 0 Å². The van der Waals surface area contributed by atoms with Gasteiger partial charge in [-0.2, -0.15) is 0 Å². The Balaban J connectivity index is 1.85. The molecular weight excluding hydrogens is 269 g/mol. The second kappa shape index (κ2) is 5.31. The standard InChI is InChI=1S/C14H13ClFNO2/c15-10-5-4-9(7-11(10)16)12-8-14(19-17-12)13-3-1-2-6-18-13/h4-5,7-8,13H,1-3,6H2. The topological polar surface area (TPSA) is 35.3 Å². The molecule has 1 aromatic carbocycles. The third-order valence-electron chi connectivity index (χ3n) is 3.24. The number of nitrogens with zero attached hydrogens (tertiary/aromatic N) is 1. The smallest absolute Gasteiger partial charge is 0.166 e. The maximum Gasteiger partial charge on any atom is 0.166 e. The lowest BCUT2D eigenvalue weighted by Crippen LogP contribution is -2.10.